The second kappa shape index (κ2) is 2.84. The van der Waals surface area contributed by atoms with Gasteiger partial charge in [-0.3, -0.25) is 0 Å². The second-order valence-corrected chi connectivity index (χ2v) is 2.68. The number of aliphatic hydroxyl groups excluding tert-OH is 3. The molecule has 0 saturated heterocycles. The molecular formula is C6H13NO3. The Labute approximate surface area is 59.5 Å². The van der Waals surface area contributed by atoms with Crippen molar-refractivity contribution in [3.8, 4) is 0 Å². The molecule has 0 aromatic carbocycles. The fourth-order valence-corrected chi connectivity index (χ4v) is 1.29. The number of hydrogen-bond donors (Lipinski definition) is 4. The van der Waals surface area contributed by atoms with Crippen molar-refractivity contribution in [1.29, 1.82) is 0 Å². The summed E-state index contributed by atoms with van der Waals surface area (Å²) in [5.41, 5.74) is 0. The summed E-state index contributed by atoms with van der Waals surface area (Å²) in [4.78, 5) is 0. The SMILES string of the molecule is CNC1CC(O)C(O)C1O. The second-order valence-electron chi connectivity index (χ2n) is 2.68. The van der Waals surface area contributed by atoms with Crippen LogP contribution in [0.2, 0.25) is 0 Å². The van der Waals surface area contributed by atoms with Gasteiger partial charge < -0.3 is 20.6 Å². The van der Waals surface area contributed by atoms with E-state index < -0.39 is 18.3 Å². The Hall–Kier alpha value is -0.160. The minimum Gasteiger partial charge on any atom is -0.390 e. The summed E-state index contributed by atoms with van der Waals surface area (Å²) in [6.07, 6.45) is -2.19. The molecular weight excluding hydrogens is 134 g/mol. The van der Waals surface area contributed by atoms with Crippen LogP contribution >= 0.6 is 0 Å². The average Bonchev–Trinajstić information content (AvgIpc) is 2.17. The van der Waals surface area contributed by atoms with Crippen LogP contribution in [0.15, 0.2) is 0 Å². The van der Waals surface area contributed by atoms with Crippen molar-refractivity contribution in [3.63, 3.8) is 0 Å². The van der Waals surface area contributed by atoms with E-state index in [4.69, 9.17) is 15.3 Å². The molecule has 0 aliphatic heterocycles. The molecule has 0 bridgehead atoms. The highest BCUT2D eigenvalue weighted by Crippen LogP contribution is 2.19. The van der Waals surface area contributed by atoms with E-state index in [0.29, 0.717) is 6.42 Å². The van der Waals surface area contributed by atoms with E-state index in [1.807, 2.05) is 0 Å². The van der Waals surface area contributed by atoms with Crippen molar-refractivity contribution in [3.05, 3.63) is 0 Å². The maximum Gasteiger partial charge on any atom is 0.107 e. The molecule has 4 atom stereocenters. The van der Waals surface area contributed by atoms with Crippen LogP contribution in [0.3, 0.4) is 0 Å². The molecule has 1 aliphatic rings. The average molecular weight is 147 g/mol. The lowest BCUT2D eigenvalue weighted by molar-refractivity contribution is -0.0219. The summed E-state index contributed by atoms with van der Waals surface area (Å²) in [5, 5.41) is 30.0. The van der Waals surface area contributed by atoms with Gasteiger partial charge in [0.1, 0.15) is 6.10 Å². The number of nitrogens with one attached hydrogen (secondary N) is 1. The van der Waals surface area contributed by atoms with Gasteiger partial charge in [-0.25, -0.2) is 0 Å². The number of aliphatic hydroxyl groups is 3. The molecule has 1 rings (SSSR count). The molecule has 0 radical (unpaired) electrons. The van der Waals surface area contributed by atoms with Crippen molar-refractivity contribution in [1.82, 2.24) is 5.32 Å². The first-order chi connectivity index (χ1) is 4.66. The van der Waals surface area contributed by atoms with Gasteiger partial charge >= 0.3 is 0 Å². The van der Waals surface area contributed by atoms with E-state index in [2.05, 4.69) is 5.32 Å². The Morgan fingerprint density at radius 2 is 1.80 bits per heavy atom. The molecule has 1 fully saturated rings. The molecule has 1 aliphatic carbocycles. The first-order valence-electron chi connectivity index (χ1n) is 3.38. The van der Waals surface area contributed by atoms with Gasteiger partial charge in [0.05, 0.1) is 12.2 Å². The highest BCUT2D eigenvalue weighted by atomic mass is 16.4. The molecule has 1 saturated carbocycles. The normalized spacial score (nSPS) is 48.0. The molecule has 4 nitrogen and oxygen atoms in total. The van der Waals surface area contributed by atoms with Crippen LogP contribution < -0.4 is 5.32 Å². The third kappa shape index (κ3) is 1.15. The fourth-order valence-electron chi connectivity index (χ4n) is 1.29. The van der Waals surface area contributed by atoms with Crippen molar-refractivity contribution >= 4 is 0 Å². The van der Waals surface area contributed by atoms with Gasteiger partial charge in [0.2, 0.25) is 0 Å². The largest absolute Gasteiger partial charge is 0.390 e. The van der Waals surface area contributed by atoms with Crippen molar-refractivity contribution < 1.29 is 15.3 Å². The first kappa shape index (κ1) is 7.94. The van der Waals surface area contributed by atoms with E-state index in [9.17, 15) is 0 Å². The van der Waals surface area contributed by atoms with Gasteiger partial charge in [0.15, 0.2) is 0 Å². The Kier molecular flexibility index (Phi) is 2.25. The third-order valence-corrected chi connectivity index (χ3v) is 2.02. The van der Waals surface area contributed by atoms with Crippen LogP contribution in [-0.4, -0.2) is 46.7 Å². The van der Waals surface area contributed by atoms with Crippen molar-refractivity contribution in [2.45, 2.75) is 30.8 Å². The minimum absolute atomic E-state index is 0.176. The van der Waals surface area contributed by atoms with E-state index in [-0.39, 0.29) is 6.04 Å². The van der Waals surface area contributed by atoms with E-state index >= 15 is 0 Å². The Bertz CT molecular complexity index is 120. The summed E-state index contributed by atoms with van der Waals surface area (Å²) in [7, 11) is 1.69. The number of likely N-dealkylation sites (N-methyl/N-ethyl adjacent to an activating group) is 1. The predicted octanol–water partition coefficient (Wildman–Crippen LogP) is -1.94. The van der Waals surface area contributed by atoms with Crippen molar-refractivity contribution in [2.75, 3.05) is 7.05 Å². The summed E-state index contributed by atoms with van der Waals surface area (Å²) in [5.74, 6) is 0. The maximum atomic E-state index is 9.16. The van der Waals surface area contributed by atoms with Crippen LogP contribution in [0.25, 0.3) is 0 Å². The zero-order valence-corrected chi connectivity index (χ0v) is 5.86. The molecule has 0 aromatic heterocycles. The van der Waals surface area contributed by atoms with Gasteiger partial charge in [-0.2, -0.15) is 0 Å². The zero-order valence-electron chi connectivity index (χ0n) is 5.86. The van der Waals surface area contributed by atoms with Crippen LogP contribution in [0.4, 0.5) is 0 Å². The quantitative estimate of drug-likeness (QED) is 0.348. The van der Waals surface area contributed by atoms with Gasteiger partial charge in [0, 0.05) is 6.04 Å². The summed E-state index contributed by atoms with van der Waals surface area (Å²) in [6.45, 7) is 0. The third-order valence-electron chi connectivity index (χ3n) is 2.02. The minimum atomic E-state index is -0.988. The Morgan fingerprint density at radius 3 is 2.00 bits per heavy atom. The summed E-state index contributed by atoms with van der Waals surface area (Å²) < 4.78 is 0. The van der Waals surface area contributed by atoms with Crippen LogP contribution in [-0.2, 0) is 0 Å². The van der Waals surface area contributed by atoms with E-state index in [0.717, 1.165) is 0 Å². The van der Waals surface area contributed by atoms with E-state index in [1.165, 1.54) is 0 Å². The van der Waals surface area contributed by atoms with Gasteiger partial charge in [0.25, 0.3) is 0 Å². The summed E-state index contributed by atoms with van der Waals surface area (Å²) in [6, 6.07) is -0.176. The molecule has 4 heteroatoms. The molecule has 0 amide bonds. The highest BCUT2D eigenvalue weighted by Gasteiger charge is 2.39. The molecule has 60 valence electrons. The molecule has 4 unspecified atom stereocenters. The fraction of sp³-hybridized carbons (Fsp3) is 1.00. The monoisotopic (exact) mass is 147 g/mol. The zero-order chi connectivity index (χ0) is 7.72. The molecule has 0 heterocycles. The smallest absolute Gasteiger partial charge is 0.107 e. The topological polar surface area (TPSA) is 72.7 Å². The Morgan fingerprint density at radius 1 is 1.20 bits per heavy atom. The van der Waals surface area contributed by atoms with Gasteiger partial charge in [-0.15, -0.1) is 0 Å². The van der Waals surface area contributed by atoms with E-state index in [1.54, 1.807) is 7.05 Å². The highest BCUT2D eigenvalue weighted by molar-refractivity contribution is 4.94. The molecule has 10 heavy (non-hydrogen) atoms. The van der Waals surface area contributed by atoms with Crippen LogP contribution in [0.5, 0.6) is 0 Å². The predicted molar refractivity (Wildman–Crippen MR) is 35.5 cm³/mol. The number of hydrogen-bond acceptors (Lipinski definition) is 4. The lowest BCUT2D eigenvalue weighted by Crippen LogP contribution is -2.38. The van der Waals surface area contributed by atoms with Crippen LogP contribution in [0, 0.1) is 0 Å². The Balaban J connectivity index is 2.53. The van der Waals surface area contributed by atoms with Gasteiger partial charge in [-0.05, 0) is 13.5 Å². The standard InChI is InChI=1S/C6H13NO3/c1-7-3-2-4(8)6(10)5(3)9/h3-10H,2H2,1H3. The first-order valence-corrected chi connectivity index (χ1v) is 3.38. The maximum absolute atomic E-state index is 9.16. The summed E-state index contributed by atoms with van der Waals surface area (Å²) >= 11 is 0. The van der Waals surface area contributed by atoms with Gasteiger partial charge in [-0.1, -0.05) is 0 Å². The molecule has 0 aromatic rings. The molecule has 0 spiro atoms. The van der Waals surface area contributed by atoms with Crippen LogP contribution in [0.1, 0.15) is 6.42 Å². The molecule has 4 N–H and O–H groups in total. The van der Waals surface area contributed by atoms with Crippen molar-refractivity contribution in [2.24, 2.45) is 0 Å². The number of rotatable bonds is 1. The lowest BCUT2D eigenvalue weighted by Gasteiger charge is -2.14. The lowest BCUT2D eigenvalue weighted by atomic mass is 10.2.